The number of amidine groups is 1. The lowest BCUT2D eigenvalue weighted by Gasteiger charge is -2.13. The summed E-state index contributed by atoms with van der Waals surface area (Å²) in [6.45, 7) is 1.82. The standard InChI is InChI=1S/C6H13N3O2/c1-3-4(5(7)8)9-6(10)11-2/h4H,3H2,1-2H3,(H3,7,8)(H,9,10). The van der Waals surface area contributed by atoms with Crippen LogP contribution >= 0.6 is 0 Å². The molecule has 0 aromatic carbocycles. The van der Waals surface area contributed by atoms with Gasteiger partial charge in [0.05, 0.1) is 13.2 Å². The van der Waals surface area contributed by atoms with Crippen LogP contribution in [0.2, 0.25) is 0 Å². The van der Waals surface area contributed by atoms with Gasteiger partial charge in [-0.3, -0.25) is 5.41 Å². The zero-order chi connectivity index (χ0) is 8.85. The van der Waals surface area contributed by atoms with Crippen LogP contribution in [0.5, 0.6) is 0 Å². The summed E-state index contributed by atoms with van der Waals surface area (Å²) in [7, 11) is 1.27. The summed E-state index contributed by atoms with van der Waals surface area (Å²) >= 11 is 0. The Morgan fingerprint density at radius 3 is 2.64 bits per heavy atom. The minimum Gasteiger partial charge on any atom is -0.453 e. The normalized spacial score (nSPS) is 11.8. The predicted molar refractivity (Wildman–Crippen MR) is 41.5 cm³/mol. The molecule has 1 atom stereocenters. The van der Waals surface area contributed by atoms with E-state index >= 15 is 0 Å². The van der Waals surface area contributed by atoms with E-state index in [2.05, 4.69) is 10.1 Å². The smallest absolute Gasteiger partial charge is 0.407 e. The van der Waals surface area contributed by atoms with Crippen LogP contribution in [0.3, 0.4) is 0 Å². The third kappa shape index (κ3) is 3.44. The molecule has 5 nitrogen and oxygen atoms in total. The fourth-order valence-electron chi connectivity index (χ4n) is 0.601. The number of carbonyl (C=O) groups excluding carboxylic acids is 1. The summed E-state index contributed by atoms with van der Waals surface area (Å²) in [5.74, 6) is -0.0575. The van der Waals surface area contributed by atoms with E-state index in [0.29, 0.717) is 6.42 Å². The summed E-state index contributed by atoms with van der Waals surface area (Å²) in [6, 6.07) is -0.414. The van der Waals surface area contributed by atoms with Crippen molar-refractivity contribution in [1.29, 1.82) is 5.41 Å². The van der Waals surface area contributed by atoms with E-state index in [4.69, 9.17) is 11.1 Å². The van der Waals surface area contributed by atoms with Crippen LogP contribution in [-0.2, 0) is 4.74 Å². The van der Waals surface area contributed by atoms with Crippen molar-refractivity contribution in [2.75, 3.05) is 7.11 Å². The summed E-state index contributed by atoms with van der Waals surface area (Å²) in [6.07, 6.45) is 0.0248. The second kappa shape index (κ2) is 4.54. The highest BCUT2D eigenvalue weighted by atomic mass is 16.5. The molecule has 0 radical (unpaired) electrons. The Morgan fingerprint density at radius 1 is 1.82 bits per heavy atom. The first-order valence-corrected chi connectivity index (χ1v) is 3.30. The van der Waals surface area contributed by atoms with E-state index in [-0.39, 0.29) is 5.84 Å². The number of ether oxygens (including phenoxy) is 1. The van der Waals surface area contributed by atoms with E-state index in [1.54, 1.807) is 0 Å². The van der Waals surface area contributed by atoms with Gasteiger partial charge in [-0.05, 0) is 6.42 Å². The first-order valence-electron chi connectivity index (χ1n) is 3.30. The highest BCUT2D eigenvalue weighted by Crippen LogP contribution is 1.89. The largest absolute Gasteiger partial charge is 0.453 e. The van der Waals surface area contributed by atoms with Gasteiger partial charge in [0.1, 0.15) is 5.84 Å². The lowest BCUT2D eigenvalue weighted by molar-refractivity contribution is 0.169. The third-order valence-electron chi connectivity index (χ3n) is 1.26. The highest BCUT2D eigenvalue weighted by Gasteiger charge is 2.11. The molecule has 0 bridgehead atoms. The Hall–Kier alpha value is -1.26. The molecular weight excluding hydrogens is 146 g/mol. The van der Waals surface area contributed by atoms with Crippen molar-refractivity contribution in [2.45, 2.75) is 19.4 Å². The van der Waals surface area contributed by atoms with Crippen LogP contribution < -0.4 is 11.1 Å². The maximum Gasteiger partial charge on any atom is 0.407 e. The van der Waals surface area contributed by atoms with E-state index in [0.717, 1.165) is 0 Å². The molecule has 5 heteroatoms. The molecule has 0 aromatic heterocycles. The zero-order valence-electron chi connectivity index (χ0n) is 6.68. The van der Waals surface area contributed by atoms with Gasteiger partial charge in [0, 0.05) is 0 Å². The molecule has 0 rings (SSSR count). The Labute approximate surface area is 65.4 Å². The van der Waals surface area contributed by atoms with E-state index in [1.165, 1.54) is 7.11 Å². The quantitative estimate of drug-likeness (QED) is 0.402. The van der Waals surface area contributed by atoms with Crippen LogP contribution in [0.4, 0.5) is 4.79 Å². The number of methoxy groups -OCH3 is 1. The monoisotopic (exact) mass is 159 g/mol. The number of nitrogens with one attached hydrogen (secondary N) is 2. The summed E-state index contributed by atoms with van der Waals surface area (Å²) < 4.78 is 4.33. The van der Waals surface area contributed by atoms with Crippen LogP contribution in [0.15, 0.2) is 0 Å². The van der Waals surface area contributed by atoms with Crippen LogP contribution in [-0.4, -0.2) is 25.1 Å². The second-order valence-electron chi connectivity index (χ2n) is 2.05. The molecule has 64 valence electrons. The van der Waals surface area contributed by atoms with Gasteiger partial charge in [0.2, 0.25) is 0 Å². The average molecular weight is 159 g/mol. The van der Waals surface area contributed by atoms with Gasteiger partial charge in [0.25, 0.3) is 0 Å². The van der Waals surface area contributed by atoms with E-state index in [1.807, 2.05) is 6.92 Å². The maximum absolute atomic E-state index is 10.6. The second-order valence-corrected chi connectivity index (χ2v) is 2.05. The van der Waals surface area contributed by atoms with Gasteiger partial charge in [-0.15, -0.1) is 0 Å². The van der Waals surface area contributed by atoms with E-state index in [9.17, 15) is 4.79 Å². The number of carbonyl (C=O) groups is 1. The van der Waals surface area contributed by atoms with Crippen LogP contribution in [0, 0.1) is 5.41 Å². The van der Waals surface area contributed by atoms with E-state index < -0.39 is 12.1 Å². The summed E-state index contributed by atoms with van der Waals surface area (Å²) in [5.41, 5.74) is 5.16. The van der Waals surface area contributed by atoms with Crippen molar-refractivity contribution in [3.05, 3.63) is 0 Å². The van der Waals surface area contributed by atoms with Gasteiger partial charge < -0.3 is 15.8 Å². The molecule has 4 N–H and O–H groups in total. The number of amides is 1. The fourth-order valence-corrected chi connectivity index (χ4v) is 0.601. The maximum atomic E-state index is 10.6. The molecule has 0 fully saturated rings. The topological polar surface area (TPSA) is 88.2 Å². The van der Waals surface area contributed by atoms with Crippen molar-refractivity contribution < 1.29 is 9.53 Å². The summed E-state index contributed by atoms with van der Waals surface area (Å²) in [5, 5.41) is 9.43. The van der Waals surface area contributed by atoms with Gasteiger partial charge in [-0.1, -0.05) is 6.92 Å². The van der Waals surface area contributed by atoms with Gasteiger partial charge >= 0.3 is 6.09 Å². The zero-order valence-corrected chi connectivity index (χ0v) is 6.68. The molecular formula is C6H13N3O2. The number of alkyl carbamates (subject to hydrolysis) is 1. The first kappa shape index (κ1) is 9.74. The number of hydrogen-bond acceptors (Lipinski definition) is 3. The Bertz CT molecular complexity index is 158. The predicted octanol–water partition coefficient (Wildman–Crippen LogP) is 0.0570. The van der Waals surface area contributed by atoms with Crippen molar-refractivity contribution in [2.24, 2.45) is 5.73 Å². The third-order valence-corrected chi connectivity index (χ3v) is 1.26. The summed E-state index contributed by atoms with van der Waals surface area (Å²) in [4.78, 5) is 10.6. The van der Waals surface area contributed by atoms with Crippen molar-refractivity contribution in [3.63, 3.8) is 0 Å². The molecule has 11 heavy (non-hydrogen) atoms. The molecule has 0 heterocycles. The Morgan fingerprint density at radius 2 is 2.36 bits per heavy atom. The number of hydrogen-bond donors (Lipinski definition) is 3. The number of rotatable bonds is 3. The Kier molecular flexibility index (Phi) is 4.02. The fraction of sp³-hybridized carbons (Fsp3) is 0.667. The van der Waals surface area contributed by atoms with Gasteiger partial charge in [0.15, 0.2) is 0 Å². The van der Waals surface area contributed by atoms with Gasteiger partial charge in [-0.2, -0.15) is 0 Å². The lowest BCUT2D eigenvalue weighted by atomic mass is 10.2. The molecule has 0 aliphatic heterocycles. The highest BCUT2D eigenvalue weighted by molar-refractivity contribution is 5.86. The minimum atomic E-state index is -0.563. The van der Waals surface area contributed by atoms with Crippen molar-refractivity contribution in [3.8, 4) is 0 Å². The molecule has 0 spiro atoms. The molecule has 0 aromatic rings. The molecule has 1 amide bonds. The SMILES string of the molecule is CCC(NC(=O)OC)C(=N)N. The minimum absolute atomic E-state index is 0.0575. The van der Waals surface area contributed by atoms with Crippen LogP contribution in [0.25, 0.3) is 0 Å². The first-order chi connectivity index (χ1) is 5.11. The molecule has 0 saturated heterocycles. The van der Waals surface area contributed by atoms with Crippen molar-refractivity contribution in [1.82, 2.24) is 5.32 Å². The Balaban J connectivity index is 3.88. The van der Waals surface area contributed by atoms with Gasteiger partial charge in [-0.25, -0.2) is 4.79 Å². The lowest BCUT2D eigenvalue weighted by Crippen LogP contribution is -2.43. The van der Waals surface area contributed by atoms with Crippen LogP contribution in [0.1, 0.15) is 13.3 Å². The average Bonchev–Trinajstić information content (AvgIpc) is 1.99. The molecule has 0 saturated carbocycles. The molecule has 0 aliphatic carbocycles. The molecule has 0 aliphatic rings. The number of nitrogens with two attached hydrogens (primary N) is 1. The van der Waals surface area contributed by atoms with Crippen molar-refractivity contribution >= 4 is 11.9 Å². The molecule has 1 unspecified atom stereocenters.